The molecule has 0 fully saturated rings. The van der Waals surface area contributed by atoms with Gasteiger partial charge in [0.2, 0.25) is 0 Å². The molecule has 4 aromatic carbocycles. The van der Waals surface area contributed by atoms with Crippen molar-refractivity contribution in [2.45, 2.75) is 197 Å². The summed E-state index contributed by atoms with van der Waals surface area (Å²) in [6.45, 7) is 61.9. The Bertz CT molecular complexity index is 2010. The maximum absolute atomic E-state index is 6.56. The van der Waals surface area contributed by atoms with Crippen LogP contribution in [0.5, 0.6) is 17.2 Å². The van der Waals surface area contributed by atoms with Crippen LogP contribution in [0.1, 0.15) is 208 Å². The SMILES string of the molecule is C=CCOc1c(C(C)(C)C)cc(Cc2c(C)c(Cc3cc(C(C)(C)C)c(OCC=C)c(C(C)(C)C)c3)c(C)c(Cc3cc(C(C)(C)C)c(OCC=C)c(C(C)(C)C)c3)c2C)cc1C(C)(C)C. The smallest absolute Gasteiger partial charge is 0.127 e. The summed E-state index contributed by atoms with van der Waals surface area (Å²) in [5.74, 6) is 2.98. The van der Waals surface area contributed by atoms with Gasteiger partial charge in [0, 0.05) is 33.4 Å². The predicted molar refractivity (Wildman–Crippen MR) is 288 cm³/mol. The molecule has 0 N–H and O–H groups in total. The van der Waals surface area contributed by atoms with Gasteiger partial charge in [0.1, 0.15) is 37.1 Å². The van der Waals surface area contributed by atoms with Gasteiger partial charge in [-0.05, 0) is 123 Å². The van der Waals surface area contributed by atoms with Crippen molar-refractivity contribution in [3.63, 3.8) is 0 Å². The zero-order chi connectivity index (χ0) is 50.1. The van der Waals surface area contributed by atoms with Crippen LogP contribution in [0.15, 0.2) is 74.4 Å². The van der Waals surface area contributed by atoms with Crippen molar-refractivity contribution in [2.75, 3.05) is 19.8 Å². The van der Waals surface area contributed by atoms with Gasteiger partial charge in [-0.25, -0.2) is 0 Å². The van der Waals surface area contributed by atoms with Gasteiger partial charge in [0.05, 0.1) is 0 Å². The number of rotatable bonds is 15. The maximum Gasteiger partial charge on any atom is 0.127 e. The highest BCUT2D eigenvalue weighted by molar-refractivity contribution is 5.60. The topological polar surface area (TPSA) is 27.7 Å². The van der Waals surface area contributed by atoms with Gasteiger partial charge in [0.25, 0.3) is 0 Å². The van der Waals surface area contributed by atoms with Gasteiger partial charge in [-0.15, -0.1) is 0 Å². The van der Waals surface area contributed by atoms with E-state index in [1.54, 1.807) is 0 Å². The van der Waals surface area contributed by atoms with Gasteiger partial charge in [-0.2, -0.15) is 0 Å². The van der Waals surface area contributed by atoms with Gasteiger partial charge in [-0.3, -0.25) is 0 Å². The second kappa shape index (κ2) is 20.0. The molecule has 0 aliphatic heterocycles. The van der Waals surface area contributed by atoms with Crippen LogP contribution >= 0.6 is 0 Å². The predicted octanol–water partition coefficient (Wildman–Crippen LogP) is 16.9. The highest BCUT2D eigenvalue weighted by atomic mass is 16.5. The highest BCUT2D eigenvalue weighted by Gasteiger charge is 2.32. The molecule has 0 heterocycles. The fraction of sp³-hybridized carbons (Fsp3) is 0.524. The van der Waals surface area contributed by atoms with Gasteiger partial charge in [-0.1, -0.05) is 199 Å². The largest absolute Gasteiger partial charge is 0.489 e. The summed E-state index contributed by atoms with van der Waals surface area (Å²) in [7, 11) is 0. The number of ether oxygens (including phenoxy) is 3. The molecule has 0 bridgehead atoms. The van der Waals surface area contributed by atoms with Crippen LogP contribution in [0, 0.1) is 20.8 Å². The van der Waals surface area contributed by atoms with Gasteiger partial charge >= 0.3 is 0 Å². The third kappa shape index (κ3) is 12.5. The Balaban J connectivity index is 2.16. The second-order valence-corrected chi connectivity index (χ2v) is 25.2. The van der Waals surface area contributed by atoms with Crippen LogP contribution in [0.3, 0.4) is 0 Å². The zero-order valence-electron chi connectivity index (χ0n) is 45.8. The first-order chi connectivity index (χ1) is 30.2. The standard InChI is InChI=1S/C63H90O3/c1-25-28-64-55-49(58(7,8)9)34-43(35-50(55)59(10,11)12)31-46-40(4)47(32-44-36-51(60(13,14)15)56(65-29-26-2)52(37-44)61(16,17)18)42(6)48(41(46)5)33-45-38-53(62(19,20)21)57(66-30-27-3)54(39-45)63(22,23)24/h25-27,34-39H,1-3,28-33H2,4-24H3. The van der Waals surface area contributed by atoms with E-state index in [0.717, 1.165) is 36.5 Å². The van der Waals surface area contributed by atoms with Crippen LogP contribution in [0.25, 0.3) is 0 Å². The summed E-state index contributed by atoms with van der Waals surface area (Å²) in [6, 6.07) is 14.5. The van der Waals surface area contributed by atoms with Gasteiger partial charge < -0.3 is 14.2 Å². The van der Waals surface area contributed by atoms with Crippen molar-refractivity contribution in [3.8, 4) is 17.2 Å². The average molecular weight is 895 g/mol. The van der Waals surface area contributed by atoms with E-state index in [9.17, 15) is 0 Å². The molecule has 0 radical (unpaired) electrons. The minimum atomic E-state index is -0.131. The van der Waals surface area contributed by atoms with E-state index in [1.807, 2.05) is 18.2 Å². The van der Waals surface area contributed by atoms with Crippen molar-refractivity contribution in [2.24, 2.45) is 0 Å². The fourth-order valence-corrected chi connectivity index (χ4v) is 9.41. The molecule has 3 heteroatoms. The van der Waals surface area contributed by atoms with E-state index in [-0.39, 0.29) is 32.5 Å². The lowest BCUT2D eigenvalue weighted by molar-refractivity contribution is 0.338. The zero-order valence-corrected chi connectivity index (χ0v) is 45.8. The lowest BCUT2D eigenvalue weighted by atomic mass is 9.75. The lowest BCUT2D eigenvalue weighted by Crippen LogP contribution is -2.21. The molecule has 66 heavy (non-hydrogen) atoms. The third-order valence-electron chi connectivity index (χ3n) is 13.2. The summed E-state index contributed by atoms with van der Waals surface area (Å²) in [6.07, 6.45) is 7.99. The molecule has 0 aromatic heterocycles. The maximum atomic E-state index is 6.56. The Labute approximate surface area is 404 Å². The van der Waals surface area contributed by atoms with Crippen LogP contribution in [-0.4, -0.2) is 19.8 Å². The Hall–Kier alpha value is -4.50. The summed E-state index contributed by atoms with van der Waals surface area (Å²) >= 11 is 0. The summed E-state index contributed by atoms with van der Waals surface area (Å²) in [5, 5.41) is 0. The Morgan fingerprint density at radius 3 is 0.636 bits per heavy atom. The highest BCUT2D eigenvalue weighted by Crippen LogP contribution is 2.46. The summed E-state index contributed by atoms with van der Waals surface area (Å²) in [5.41, 5.74) is 18.9. The third-order valence-corrected chi connectivity index (χ3v) is 13.2. The number of hydrogen-bond acceptors (Lipinski definition) is 3. The van der Waals surface area contributed by atoms with Crippen molar-refractivity contribution < 1.29 is 14.2 Å². The van der Waals surface area contributed by atoms with Gasteiger partial charge in [0.15, 0.2) is 0 Å². The molecule has 360 valence electrons. The minimum Gasteiger partial charge on any atom is -0.489 e. The van der Waals surface area contributed by atoms with E-state index in [1.165, 1.54) is 83.5 Å². The number of hydrogen-bond donors (Lipinski definition) is 0. The molecule has 4 aromatic rings. The molecule has 4 rings (SSSR count). The molecule has 0 atom stereocenters. The van der Waals surface area contributed by atoms with E-state index in [2.05, 4.69) is 202 Å². The molecule has 0 amide bonds. The molecule has 0 saturated heterocycles. The van der Waals surface area contributed by atoms with E-state index >= 15 is 0 Å². The molecule has 0 unspecified atom stereocenters. The normalized spacial score (nSPS) is 12.9. The van der Waals surface area contributed by atoms with E-state index in [0.29, 0.717) is 19.8 Å². The Kier molecular flexibility index (Phi) is 16.4. The van der Waals surface area contributed by atoms with Crippen molar-refractivity contribution in [3.05, 3.63) is 158 Å². The monoisotopic (exact) mass is 895 g/mol. The number of benzene rings is 4. The minimum absolute atomic E-state index is 0.131. The molecular weight excluding hydrogens is 805 g/mol. The molecule has 0 aliphatic rings. The van der Waals surface area contributed by atoms with Crippen LogP contribution in [-0.2, 0) is 51.8 Å². The Morgan fingerprint density at radius 2 is 0.500 bits per heavy atom. The molecule has 0 saturated carbocycles. The average Bonchev–Trinajstić information content (AvgIpc) is 3.18. The summed E-state index contributed by atoms with van der Waals surface area (Å²) < 4.78 is 19.7. The first-order valence-corrected chi connectivity index (χ1v) is 24.5. The molecule has 0 aliphatic carbocycles. The van der Waals surface area contributed by atoms with E-state index in [4.69, 9.17) is 14.2 Å². The molecule has 3 nitrogen and oxygen atoms in total. The first-order valence-electron chi connectivity index (χ1n) is 24.5. The van der Waals surface area contributed by atoms with Crippen LogP contribution in [0.4, 0.5) is 0 Å². The van der Waals surface area contributed by atoms with Crippen molar-refractivity contribution in [1.82, 2.24) is 0 Å². The van der Waals surface area contributed by atoms with Crippen LogP contribution in [0.2, 0.25) is 0 Å². The fourth-order valence-electron chi connectivity index (χ4n) is 9.41. The molecular formula is C63H90O3. The van der Waals surface area contributed by atoms with Crippen molar-refractivity contribution >= 4 is 0 Å². The first kappa shape index (κ1) is 54.1. The summed E-state index contributed by atoms with van der Waals surface area (Å²) in [4.78, 5) is 0. The van der Waals surface area contributed by atoms with E-state index < -0.39 is 0 Å². The van der Waals surface area contributed by atoms with Crippen LogP contribution < -0.4 is 14.2 Å². The second-order valence-electron chi connectivity index (χ2n) is 25.2. The lowest BCUT2D eigenvalue weighted by Gasteiger charge is -2.32. The van der Waals surface area contributed by atoms with Crippen molar-refractivity contribution in [1.29, 1.82) is 0 Å². The molecule has 0 spiro atoms. The Morgan fingerprint density at radius 1 is 0.333 bits per heavy atom. The quantitative estimate of drug-likeness (QED) is 0.111.